The maximum atomic E-state index is 12.0. The largest absolute Gasteiger partial charge is 0.465 e. The zero-order valence-corrected chi connectivity index (χ0v) is 12.6. The highest BCUT2D eigenvalue weighted by molar-refractivity contribution is 5.76. The second-order valence-electron chi connectivity index (χ2n) is 5.20. The minimum Gasteiger partial charge on any atom is -0.465 e. The minimum atomic E-state index is -0.242. The Morgan fingerprint density at radius 2 is 2.38 bits per heavy atom. The first kappa shape index (κ1) is 15.5. The van der Waals surface area contributed by atoms with Crippen molar-refractivity contribution in [3.63, 3.8) is 0 Å². The van der Waals surface area contributed by atoms with E-state index in [1.165, 1.54) is 0 Å². The summed E-state index contributed by atoms with van der Waals surface area (Å²) in [5.74, 6) is -0.170. The number of nitrogens with one attached hydrogen (secondary N) is 1. The normalized spacial score (nSPS) is 19.0. The molecule has 2 rings (SSSR count). The lowest BCUT2D eigenvalue weighted by Gasteiger charge is -2.34. The molecule has 1 atom stereocenters. The molecule has 0 amide bonds. The Bertz CT molecular complexity index is 551. The van der Waals surface area contributed by atoms with Gasteiger partial charge in [0.25, 0.3) is 0 Å². The SMILES string of the molecule is CCOC(=O)C1CNCCN1Cc1ccc(C#N)cc1C. The first-order chi connectivity index (χ1) is 10.2. The van der Waals surface area contributed by atoms with Crippen LogP contribution in [0.5, 0.6) is 0 Å². The molecule has 1 saturated heterocycles. The molecule has 0 saturated carbocycles. The first-order valence-corrected chi connectivity index (χ1v) is 7.26. The fourth-order valence-corrected chi connectivity index (χ4v) is 2.57. The van der Waals surface area contributed by atoms with Gasteiger partial charge in [-0.1, -0.05) is 6.07 Å². The zero-order chi connectivity index (χ0) is 15.2. The average Bonchev–Trinajstić information content (AvgIpc) is 2.50. The van der Waals surface area contributed by atoms with Gasteiger partial charge in [-0.05, 0) is 37.1 Å². The summed E-state index contributed by atoms with van der Waals surface area (Å²) in [6.45, 7) is 7.21. The van der Waals surface area contributed by atoms with Crippen molar-refractivity contribution >= 4 is 5.97 Å². The number of piperazine rings is 1. The molecule has 1 aromatic carbocycles. The van der Waals surface area contributed by atoms with Gasteiger partial charge < -0.3 is 10.1 Å². The number of carbonyl (C=O) groups is 1. The Kier molecular flexibility index (Phi) is 5.32. The summed E-state index contributed by atoms with van der Waals surface area (Å²) in [4.78, 5) is 14.2. The highest BCUT2D eigenvalue weighted by atomic mass is 16.5. The van der Waals surface area contributed by atoms with Gasteiger partial charge in [0, 0.05) is 26.2 Å². The highest BCUT2D eigenvalue weighted by Gasteiger charge is 2.29. The van der Waals surface area contributed by atoms with Gasteiger partial charge in [-0.25, -0.2) is 0 Å². The number of carbonyl (C=O) groups excluding carboxylic acids is 1. The van der Waals surface area contributed by atoms with E-state index in [1.54, 1.807) is 0 Å². The van der Waals surface area contributed by atoms with Crippen LogP contribution < -0.4 is 5.32 Å². The van der Waals surface area contributed by atoms with Gasteiger partial charge in [0.05, 0.1) is 18.2 Å². The van der Waals surface area contributed by atoms with Crippen LogP contribution in [0.4, 0.5) is 0 Å². The van der Waals surface area contributed by atoms with Gasteiger partial charge in [0.1, 0.15) is 6.04 Å². The van der Waals surface area contributed by atoms with E-state index in [0.717, 1.165) is 24.2 Å². The van der Waals surface area contributed by atoms with E-state index in [2.05, 4.69) is 16.3 Å². The van der Waals surface area contributed by atoms with E-state index < -0.39 is 0 Å². The number of nitrogens with zero attached hydrogens (tertiary/aromatic N) is 2. The minimum absolute atomic E-state index is 0.170. The van der Waals surface area contributed by atoms with E-state index in [1.807, 2.05) is 32.0 Å². The maximum absolute atomic E-state index is 12.0. The van der Waals surface area contributed by atoms with Gasteiger partial charge >= 0.3 is 5.97 Å². The fourth-order valence-electron chi connectivity index (χ4n) is 2.57. The molecule has 0 aromatic heterocycles. The lowest BCUT2D eigenvalue weighted by molar-refractivity contribution is -0.150. The molecular formula is C16H21N3O2. The lowest BCUT2D eigenvalue weighted by atomic mass is 10.0. The molecule has 21 heavy (non-hydrogen) atoms. The molecule has 0 spiro atoms. The molecule has 1 aromatic rings. The Hall–Kier alpha value is -1.90. The number of hydrogen-bond donors (Lipinski definition) is 1. The second kappa shape index (κ2) is 7.21. The van der Waals surface area contributed by atoms with Gasteiger partial charge in [-0.2, -0.15) is 5.26 Å². The van der Waals surface area contributed by atoms with E-state index in [4.69, 9.17) is 10.00 Å². The van der Waals surface area contributed by atoms with E-state index in [0.29, 0.717) is 25.3 Å². The van der Waals surface area contributed by atoms with Gasteiger partial charge in [-0.15, -0.1) is 0 Å². The Labute approximate surface area is 125 Å². The van der Waals surface area contributed by atoms with Crippen LogP contribution in [0.2, 0.25) is 0 Å². The van der Waals surface area contributed by atoms with Gasteiger partial charge in [-0.3, -0.25) is 9.69 Å². The number of hydrogen-bond acceptors (Lipinski definition) is 5. The molecule has 0 aliphatic carbocycles. The Morgan fingerprint density at radius 1 is 1.57 bits per heavy atom. The van der Waals surface area contributed by atoms with Crippen LogP contribution in [0.3, 0.4) is 0 Å². The third-order valence-corrected chi connectivity index (χ3v) is 3.76. The van der Waals surface area contributed by atoms with Crippen molar-refractivity contribution in [3.8, 4) is 6.07 Å². The lowest BCUT2D eigenvalue weighted by Crippen LogP contribution is -2.54. The average molecular weight is 287 g/mol. The first-order valence-electron chi connectivity index (χ1n) is 7.26. The van der Waals surface area contributed by atoms with E-state index in [-0.39, 0.29) is 12.0 Å². The van der Waals surface area contributed by atoms with Crippen molar-refractivity contribution in [2.24, 2.45) is 0 Å². The van der Waals surface area contributed by atoms with E-state index >= 15 is 0 Å². The molecule has 1 aliphatic rings. The Morgan fingerprint density at radius 3 is 3.05 bits per heavy atom. The van der Waals surface area contributed by atoms with Gasteiger partial charge in [0.15, 0.2) is 0 Å². The summed E-state index contributed by atoms with van der Waals surface area (Å²) in [5, 5.41) is 12.2. The van der Waals surface area contributed by atoms with Crippen molar-refractivity contribution in [2.75, 3.05) is 26.2 Å². The van der Waals surface area contributed by atoms with Crippen LogP contribution >= 0.6 is 0 Å². The molecule has 0 bridgehead atoms. The van der Waals surface area contributed by atoms with Crippen LogP contribution in [-0.4, -0.2) is 43.2 Å². The highest BCUT2D eigenvalue weighted by Crippen LogP contribution is 2.16. The van der Waals surface area contributed by atoms with Crippen molar-refractivity contribution in [3.05, 3.63) is 34.9 Å². The molecule has 0 radical (unpaired) electrons. The number of ether oxygens (including phenoxy) is 1. The van der Waals surface area contributed by atoms with Crippen molar-refractivity contribution < 1.29 is 9.53 Å². The quantitative estimate of drug-likeness (QED) is 0.843. The number of benzene rings is 1. The molecular weight excluding hydrogens is 266 g/mol. The number of aryl methyl sites for hydroxylation is 1. The third kappa shape index (κ3) is 3.81. The number of rotatable bonds is 4. The van der Waals surface area contributed by atoms with Crippen molar-refractivity contribution in [1.82, 2.24) is 10.2 Å². The standard InChI is InChI=1S/C16H21N3O2/c1-3-21-16(20)15-10-18-6-7-19(15)11-14-5-4-13(9-17)8-12(14)2/h4-5,8,15,18H,3,6-7,10-11H2,1-2H3. The molecule has 1 fully saturated rings. The number of nitriles is 1. The number of esters is 1. The second-order valence-corrected chi connectivity index (χ2v) is 5.20. The fraction of sp³-hybridized carbons (Fsp3) is 0.500. The Balaban J connectivity index is 2.12. The summed E-state index contributed by atoms with van der Waals surface area (Å²) in [6.07, 6.45) is 0. The molecule has 112 valence electrons. The van der Waals surface area contributed by atoms with Gasteiger partial charge in [0.2, 0.25) is 0 Å². The van der Waals surface area contributed by atoms with Crippen LogP contribution in [0.15, 0.2) is 18.2 Å². The molecule has 1 N–H and O–H groups in total. The zero-order valence-electron chi connectivity index (χ0n) is 12.6. The van der Waals surface area contributed by atoms with Crippen LogP contribution in [0, 0.1) is 18.3 Å². The molecule has 1 aliphatic heterocycles. The predicted molar refractivity (Wildman–Crippen MR) is 79.6 cm³/mol. The van der Waals surface area contributed by atoms with Crippen LogP contribution in [0.1, 0.15) is 23.6 Å². The molecule has 5 heteroatoms. The monoisotopic (exact) mass is 287 g/mol. The molecule has 5 nitrogen and oxygen atoms in total. The van der Waals surface area contributed by atoms with Crippen molar-refractivity contribution in [1.29, 1.82) is 5.26 Å². The van der Waals surface area contributed by atoms with E-state index in [9.17, 15) is 4.79 Å². The van der Waals surface area contributed by atoms with Crippen LogP contribution in [-0.2, 0) is 16.1 Å². The third-order valence-electron chi connectivity index (χ3n) is 3.76. The smallest absolute Gasteiger partial charge is 0.324 e. The maximum Gasteiger partial charge on any atom is 0.324 e. The summed E-state index contributed by atoms with van der Waals surface area (Å²) >= 11 is 0. The summed E-state index contributed by atoms with van der Waals surface area (Å²) < 4.78 is 5.15. The molecule has 1 unspecified atom stereocenters. The topological polar surface area (TPSA) is 65.4 Å². The summed E-state index contributed by atoms with van der Waals surface area (Å²) in [7, 11) is 0. The van der Waals surface area contributed by atoms with Crippen molar-refractivity contribution in [2.45, 2.75) is 26.4 Å². The summed E-state index contributed by atoms with van der Waals surface area (Å²) in [6, 6.07) is 7.58. The van der Waals surface area contributed by atoms with Crippen LogP contribution in [0.25, 0.3) is 0 Å². The summed E-state index contributed by atoms with van der Waals surface area (Å²) in [5.41, 5.74) is 2.89. The predicted octanol–water partition coefficient (Wildman–Crippen LogP) is 1.20. The molecule has 1 heterocycles.